The molecule has 0 amide bonds. The number of nitrogen functional groups attached to an aromatic ring is 1. The van der Waals surface area contributed by atoms with Gasteiger partial charge in [-0.05, 0) is 12.1 Å². The van der Waals surface area contributed by atoms with E-state index in [0.29, 0.717) is 0 Å². The van der Waals surface area contributed by atoms with E-state index in [9.17, 15) is 22.4 Å². The van der Waals surface area contributed by atoms with E-state index in [4.69, 9.17) is 11.0 Å². The lowest BCUT2D eigenvalue weighted by atomic mass is 10.1. The van der Waals surface area contributed by atoms with Crippen molar-refractivity contribution < 1.29 is 27.1 Å². The number of benzene rings is 1. The number of hydrogen-bond donors (Lipinski definition) is 1. The number of nitrogens with two attached hydrogens (primary N) is 1. The Morgan fingerprint density at radius 1 is 1.42 bits per heavy atom. The molecular weight excluding hydrogens is 398 g/mol. The number of rotatable bonds is 2. The van der Waals surface area contributed by atoms with Crippen molar-refractivity contribution in [3.8, 4) is 11.8 Å². The normalized spacial score (nSPS) is 11.2. The van der Waals surface area contributed by atoms with E-state index in [-0.39, 0.29) is 11.3 Å². The van der Waals surface area contributed by atoms with Crippen LogP contribution in [0.2, 0.25) is 0 Å². The van der Waals surface area contributed by atoms with Crippen LogP contribution in [0, 0.1) is 17.1 Å². The first-order valence-corrected chi connectivity index (χ1v) is 6.97. The SMILES string of the molecule is COC(=O)c1c(N)c(C#N)cn1-c1ccc(Br)c(C(F)(F)F)c1F. The zero-order valence-electron chi connectivity index (χ0n) is 11.9. The van der Waals surface area contributed by atoms with E-state index in [0.717, 1.165) is 30.0 Å². The fraction of sp³-hybridized carbons (Fsp3) is 0.143. The summed E-state index contributed by atoms with van der Waals surface area (Å²) in [5.41, 5.74) is 2.53. The van der Waals surface area contributed by atoms with Crippen LogP contribution in [0.1, 0.15) is 21.6 Å². The van der Waals surface area contributed by atoms with Crippen molar-refractivity contribution in [2.24, 2.45) is 0 Å². The number of carbonyl (C=O) groups excluding carboxylic acids is 1. The first-order valence-electron chi connectivity index (χ1n) is 6.18. The summed E-state index contributed by atoms with van der Waals surface area (Å²) in [6.07, 6.45) is -4.00. The predicted molar refractivity (Wildman–Crippen MR) is 78.9 cm³/mol. The molecule has 2 rings (SSSR count). The smallest absolute Gasteiger partial charge is 0.420 e. The third kappa shape index (κ3) is 2.82. The molecule has 10 heteroatoms. The van der Waals surface area contributed by atoms with Gasteiger partial charge in [-0.2, -0.15) is 18.4 Å². The highest BCUT2D eigenvalue weighted by Gasteiger charge is 2.38. The summed E-state index contributed by atoms with van der Waals surface area (Å²) in [5.74, 6) is -2.65. The second-order valence-corrected chi connectivity index (χ2v) is 5.39. The number of carbonyl (C=O) groups is 1. The monoisotopic (exact) mass is 405 g/mol. The number of alkyl halides is 3. The van der Waals surface area contributed by atoms with Gasteiger partial charge in [-0.25, -0.2) is 9.18 Å². The van der Waals surface area contributed by atoms with E-state index in [1.54, 1.807) is 6.07 Å². The second-order valence-electron chi connectivity index (χ2n) is 4.53. The van der Waals surface area contributed by atoms with Crippen molar-refractivity contribution in [2.75, 3.05) is 12.8 Å². The lowest BCUT2D eigenvalue weighted by molar-refractivity contribution is -0.140. The first kappa shape index (κ1) is 17.8. The van der Waals surface area contributed by atoms with Gasteiger partial charge in [-0.1, -0.05) is 15.9 Å². The molecule has 0 spiro atoms. The van der Waals surface area contributed by atoms with Crippen LogP contribution in [0.4, 0.5) is 23.2 Å². The molecule has 5 nitrogen and oxygen atoms in total. The average Bonchev–Trinajstić information content (AvgIpc) is 2.81. The number of aromatic nitrogens is 1. The van der Waals surface area contributed by atoms with E-state index in [1.165, 1.54) is 0 Å². The van der Waals surface area contributed by atoms with Gasteiger partial charge in [0.15, 0.2) is 11.5 Å². The minimum Gasteiger partial charge on any atom is -0.464 e. The molecule has 0 saturated heterocycles. The largest absolute Gasteiger partial charge is 0.464 e. The lowest BCUT2D eigenvalue weighted by Gasteiger charge is -2.15. The Morgan fingerprint density at radius 3 is 2.54 bits per heavy atom. The highest BCUT2D eigenvalue weighted by Crippen LogP contribution is 2.39. The molecule has 0 aliphatic rings. The summed E-state index contributed by atoms with van der Waals surface area (Å²) >= 11 is 2.65. The fourth-order valence-electron chi connectivity index (χ4n) is 2.09. The molecule has 0 radical (unpaired) electrons. The van der Waals surface area contributed by atoms with E-state index >= 15 is 0 Å². The van der Waals surface area contributed by atoms with Crippen molar-refractivity contribution >= 4 is 27.6 Å². The number of esters is 1. The van der Waals surface area contributed by atoms with Gasteiger partial charge < -0.3 is 15.0 Å². The molecule has 2 aromatic rings. The van der Waals surface area contributed by atoms with Crippen LogP contribution < -0.4 is 5.73 Å². The Kier molecular flexibility index (Phi) is 4.57. The van der Waals surface area contributed by atoms with Gasteiger partial charge in [0.1, 0.15) is 11.6 Å². The zero-order chi connectivity index (χ0) is 18.2. The second kappa shape index (κ2) is 6.16. The van der Waals surface area contributed by atoms with Crippen LogP contribution in [-0.2, 0) is 10.9 Å². The number of ether oxygens (including phenoxy) is 1. The maximum absolute atomic E-state index is 14.5. The standard InChI is InChI=1S/C14H8BrF4N3O2/c1-24-13(23)12-11(21)6(4-20)5-22(12)8-3-2-7(15)9(10(8)16)14(17,18)19/h2-3,5H,21H2,1H3. The van der Waals surface area contributed by atoms with Gasteiger partial charge in [0.05, 0.1) is 24.0 Å². The molecule has 0 unspecified atom stereocenters. The molecule has 0 bridgehead atoms. The Balaban J connectivity index is 2.84. The molecule has 0 aliphatic heterocycles. The fourth-order valence-corrected chi connectivity index (χ4v) is 2.62. The topological polar surface area (TPSA) is 81.0 Å². The molecule has 24 heavy (non-hydrogen) atoms. The highest BCUT2D eigenvalue weighted by atomic mass is 79.9. The molecule has 1 heterocycles. The number of methoxy groups -OCH3 is 1. The first-order chi connectivity index (χ1) is 11.1. The summed E-state index contributed by atoms with van der Waals surface area (Å²) in [5, 5.41) is 8.98. The van der Waals surface area contributed by atoms with E-state index < -0.39 is 39.4 Å². The minimum absolute atomic E-state index is 0.203. The number of hydrogen-bond acceptors (Lipinski definition) is 4. The van der Waals surface area contributed by atoms with E-state index in [1.807, 2.05) is 0 Å². The summed E-state index contributed by atoms with van der Waals surface area (Å²) in [6.45, 7) is 0. The molecule has 0 atom stereocenters. The van der Waals surface area contributed by atoms with Crippen LogP contribution in [0.25, 0.3) is 5.69 Å². The average molecular weight is 406 g/mol. The maximum atomic E-state index is 14.5. The van der Waals surface area contributed by atoms with Gasteiger partial charge >= 0.3 is 12.1 Å². The van der Waals surface area contributed by atoms with Crippen molar-refractivity contribution in [3.63, 3.8) is 0 Å². The Bertz CT molecular complexity index is 868. The summed E-state index contributed by atoms with van der Waals surface area (Å²) in [4.78, 5) is 11.8. The third-order valence-electron chi connectivity index (χ3n) is 3.16. The Hall–Kier alpha value is -2.54. The molecule has 0 saturated carbocycles. The van der Waals surface area contributed by atoms with Gasteiger partial charge in [0, 0.05) is 10.7 Å². The molecule has 2 N–H and O–H groups in total. The Labute approximate surface area is 141 Å². The Morgan fingerprint density at radius 2 is 2.04 bits per heavy atom. The summed E-state index contributed by atoms with van der Waals surface area (Å²) in [7, 11) is 1.02. The molecule has 126 valence electrons. The van der Waals surface area contributed by atoms with Crippen LogP contribution in [0.5, 0.6) is 0 Å². The molecule has 0 aliphatic carbocycles. The van der Waals surface area contributed by atoms with Crippen molar-refractivity contribution in [3.05, 3.63) is 45.4 Å². The van der Waals surface area contributed by atoms with Gasteiger partial charge in [-0.15, -0.1) is 0 Å². The molecule has 1 aromatic heterocycles. The number of anilines is 1. The van der Waals surface area contributed by atoms with E-state index in [2.05, 4.69) is 20.7 Å². The number of nitrogens with zero attached hydrogens (tertiary/aromatic N) is 2. The molecular formula is C14H8BrF4N3O2. The predicted octanol–water partition coefficient (Wildman–Crippen LogP) is 3.64. The van der Waals surface area contributed by atoms with Crippen LogP contribution in [0.3, 0.4) is 0 Å². The summed E-state index contributed by atoms with van der Waals surface area (Å²) in [6, 6.07) is 3.67. The third-order valence-corrected chi connectivity index (χ3v) is 3.82. The van der Waals surface area contributed by atoms with Crippen molar-refractivity contribution in [1.29, 1.82) is 5.26 Å². The number of halogens is 5. The quantitative estimate of drug-likeness (QED) is 0.610. The molecule has 1 aromatic carbocycles. The summed E-state index contributed by atoms with van der Waals surface area (Å²) < 4.78 is 58.3. The lowest BCUT2D eigenvalue weighted by Crippen LogP contribution is -2.15. The number of nitriles is 1. The maximum Gasteiger partial charge on any atom is 0.420 e. The molecule has 0 fully saturated rings. The van der Waals surface area contributed by atoms with Gasteiger partial charge in [-0.3, -0.25) is 0 Å². The highest BCUT2D eigenvalue weighted by molar-refractivity contribution is 9.10. The minimum atomic E-state index is -4.97. The van der Waals surface area contributed by atoms with Crippen LogP contribution in [-0.4, -0.2) is 17.6 Å². The van der Waals surface area contributed by atoms with Crippen LogP contribution >= 0.6 is 15.9 Å². The zero-order valence-corrected chi connectivity index (χ0v) is 13.5. The van der Waals surface area contributed by atoms with Gasteiger partial charge in [0.2, 0.25) is 0 Å². The van der Waals surface area contributed by atoms with Crippen LogP contribution in [0.15, 0.2) is 22.8 Å². The van der Waals surface area contributed by atoms with Gasteiger partial charge in [0.25, 0.3) is 0 Å². The van der Waals surface area contributed by atoms with Crippen molar-refractivity contribution in [2.45, 2.75) is 6.18 Å². The van der Waals surface area contributed by atoms with Crippen molar-refractivity contribution in [1.82, 2.24) is 4.57 Å².